The highest BCUT2D eigenvalue weighted by atomic mass is 16.5. The van der Waals surface area contributed by atoms with E-state index < -0.39 is 17.5 Å². The molecule has 1 aliphatic heterocycles. The number of likely N-dealkylation sites (tertiary alicyclic amines) is 1. The van der Waals surface area contributed by atoms with Gasteiger partial charge in [-0.2, -0.15) is 0 Å². The minimum atomic E-state index is -0.891. The molecule has 0 aliphatic carbocycles. The summed E-state index contributed by atoms with van der Waals surface area (Å²) in [5, 5.41) is 12.1. The van der Waals surface area contributed by atoms with Crippen molar-refractivity contribution in [3.8, 4) is 0 Å². The number of amides is 1. The summed E-state index contributed by atoms with van der Waals surface area (Å²) in [6, 6.07) is 9.36. The Labute approximate surface area is 130 Å². The molecular formula is C16H22N2O4. The molecule has 0 bridgehead atoms. The van der Waals surface area contributed by atoms with Gasteiger partial charge < -0.3 is 20.1 Å². The molecule has 22 heavy (non-hydrogen) atoms. The third kappa shape index (κ3) is 4.21. The maximum Gasteiger partial charge on any atom is 0.407 e. The minimum Gasteiger partial charge on any atom is -0.481 e. The number of ether oxygens (including phenoxy) is 1. The van der Waals surface area contributed by atoms with Crippen LogP contribution < -0.4 is 5.32 Å². The minimum absolute atomic E-state index is 0.101. The molecule has 1 heterocycles. The predicted molar refractivity (Wildman–Crippen MR) is 81.4 cm³/mol. The first-order chi connectivity index (χ1) is 10.5. The Bertz CT molecular complexity index is 510. The molecule has 1 aromatic rings. The Morgan fingerprint density at radius 1 is 1.27 bits per heavy atom. The summed E-state index contributed by atoms with van der Waals surface area (Å²) in [7, 11) is 1.97. The molecule has 2 rings (SSSR count). The average Bonchev–Trinajstić information content (AvgIpc) is 2.53. The van der Waals surface area contributed by atoms with E-state index in [0.717, 1.165) is 5.56 Å². The second-order valence-electron chi connectivity index (χ2n) is 5.80. The molecule has 6 heteroatoms. The lowest BCUT2D eigenvalue weighted by molar-refractivity contribution is -0.151. The van der Waals surface area contributed by atoms with Crippen molar-refractivity contribution >= 4 is 12.1 Å². The van der Waals surface area contributed by atoms with Crippen LogP contribution in [0.1, 0.15) is 18.4 Å². The van der Waals surface area contributed by atoms with Crippen molar-refractivity contribution < 1.29 is 19.4 Å². The Kier molecular flexibility index (Phi) is 5.38. The van der Waals surface area contributed by atoms with Gasteiger partial charge in [0.05, 0.1) is 5.41 Å². The zero-order valence-electron chi connectivity index (χ0n) is 12.7. The van der Waals surface area contributed by atoms with Gasteiger partial charge in [0, 0.05) is 6.54 Å². The Balaban J connectivity index is 1.82. The van der Waals surface area contributed by atoms with Gasteiger partial charge in [-0.25, -0.2) is 4.79 Å². The van der Waals surface area contributed by atoms with E-state index >= 15 is 0 Å². The van der Waals surface area contributed by atoms with Crippen molar-refractivity contribution in [2.24, 2.45) is 5.41 Å². The van der Waals surface area contributed by atoms with Gasteiger partial charge in [-0.05, 0) is 38.5 Å². The highest BCUT2D eigenvalue weighted by Gasteiger charge is 2.41. The number of carbonyl (C=O) groups excluding carboxylic acids is 1. The summed E-state index contributed by atoms with van der Waals surface area (Å²) in [5.41, 5.74) is 0.00282. The predicted octanol–water partition coefficient (Wildman–Crippen LogP) is 1.71. The molecule has 1 fully saturated rings. The fourth-order valence-corrected chi connectivity index (χ4v) is 2.53. The lowest BCUT2D eigenvalue weighted by atomic mass is 9.78. The first-order valence-electron chi connectivity index (χ1n) is 7.38. The van der Waals surface area contributed by atoms with Crippen LogP contribution in [0.5, 0.6) is 0 Å². The van der Waals surface area contributed by atoms with E-state index in [1.54, 1.807) is 0 Å². The van der Waals surface area contributed by atoms with Crippen molar-refractivity contribution in [1.82, 2.24) is 10.2 Å². The number of benzene rings is 1. The molecule has 2 N–H and O–H groups in total. The van der Waals surface area contributed by atoms with Crippen LogP contribution >= 0.6 is 0 Å². The second-order valence-corrected chi connectivity index (χ2v) is 5.80. The van der Waals surface area contributed by atoms with Crippen LogP contribution in [0.15, 0.2) is 30.3 Å². The van der Waals surface area contributed by atoms with Crippen LogP contribution in [0.4, 0.5) is 4.79 Å². The maximum absolute atomic E-state index is 11.8. The number of nitrogens with zero attached hydrogens (tertiary/aromatic N) is 1. The van der Waals surface area contributed by atoms with E-state index in [2.05, 4.69) is 10.2 Å². The zero-order chi connectivity index (χ0) is 16.0. The van der Waals surface area contributed by atoms with E-state index in [0.29, 0.717) is 25.9 Å². The second kappa shape index (κ2) is 7.26. The van der Waals surface area contributed by atoms with Crippen LogP contribution in [-0.4, -0.2) is 48.8 Å². The molecular weight excluding hydrogens is 284 g/mol. The van der Waals surface area contributed by atoms with Crippen LogP contribution in [0, 0.1) is 5.41 Å². The number of aliphatic carboxylic acids is 1. The SMILES string of the molecule is CN1CCC(CNC(=O)OCc2ccccc2)(C(=O)O)CC1. The standard InChI is InChI=1S/C16H22N2O4/c1-18-9-7-16(8-10-18,14(19)20)12-17-15(21)22-11-13-5-3-2-4-6-13/h2-6H,7-12H2,1H3,(H,17,21)(H,19,20). The van der Waals surface area contributed by atoms with Gasteiger partial charge >= 0.3 is 12.1 Å². The topological polar surface area (TPSA) is 78.9 Å². The third-order valence-corrected chi connectivity index (χ3v) is 4.18. The van der Waals surface area contributed by atoms with E-state index in [9.17, 15) is 14.7 Å². The van der Waals surface area contributed by atoms with Crippen LogP contribution in [0.25, 0.3) is 0 Å². The molecule has 1 amide bonds. The fraction of sp³-hybridized carbons (Fsp3) is 0.500. The molecule has 0 unspecified atom stereocenters. The third-order valence-electron chi connectivity index (χ3n) is 4.18. The molecule has 0 saturated carbocycles. The Hall–Kier alpha value is -2.08. The number of hydrogen-bond donors (Lipinski definition) is 2. The smallest absolute Gasteiger partial charge is 0.407 e. The zero-order valence-corrected chi connectivity index (χ0v) is 12.7. The van der Waals surface area contributed by atoms with Gasteiger partial charge in [0.25, 0.3) is 0 Å². The molecule has 1 aromatic carbocycles. The highest BCUT2D eigenvalue weighted by molar-refractivity contribution is 5.76. The molecule has 120 valence electrons. The Morgan fingerprint density at radius 2 is 1.91 bits per heavy atom. The largest absolute Gasteiger partial charge is 0.481 e. The highest BCUT2D eigenvalue weighted by Crippen LogP contribution is 2.30. The van der Waals surface area contributed by atoms with Gasteiger partial charge in [0.15, 0.2) is 0 Å². The molecule has 0 aromatic heterocycles. The monoisotopic (exact) mass is 306 g/mol. The lowest BCUT2D eigenvalue weighted by Crippen LogP contribution is -2.49. The molecule has 1 saturated heterocycles. The van der Waals surface area contributed by atoms with Crippen molar-refractivity contribution in [2.45, 2.75) is 19.4 Å². The summed E-state index contributed by atoms with van der Waals surface area (Å²) >= 11 is 0. The van der Waals surface area contributed by atoms with Crippen molar-refractivity contribution in [1.29, 1.82) is 0 Å². The number of carboxylic acids is 1. The van der Waals surface area contributed by atoms with Crippen LogP contribution in [0.2, 0.25) is 0 Å². The van der Waals surface area contributed by atoms with Gasteiger partial charge in [-0.15, -0.1) is 0 Å². The van der Waals surface area contributed by atoms with Gasteiger partial charge in [-0.3, -0.25) is 4.79 Å². The first-order valence-corrected chi connectivity index (χ1v) is 7.38. The normalized spacial score (nSPS) is 17.7. The molecule has 6 nitrogen and oxygen atoms in total. The van der Waals surface area contributed by atoms with E-state index in [-0.39, 0.29) is 13.2 Å². The number of nitrogens with one attached hydrogen (secondary N) is 1. The fourth-order valence-electron chi connectivity index (χ4n) is 2.53. The molecule has 0 atom stereocenters. The van der Waals surface area contributed by atoms with Crippen LogP contribution in [0.3, 0.4) is 0 Å². The van der Waals surface area contributed by atoms with Gasteiger partial charge in [0.2, 0.25) is 0 Å². The Morgan fingerprint density at radius 3 is 2.50 bits per heavy atom. The summed E-state index contributed by atoms with van der Waals surface area (Å²) in [6.45, 7) is 1.71. The van der Waals surface area contributed by atoms with Crippen molar-refractivity contribution in [3.05, 3.63) is 35.9 Å². The maximum atomic E-state index is 11.8. The quantitative estimate of drug-likeness (QED) is 0.866. The summed E-state index contributed by atoms with van der Waals surface area (Å²) < 4.78 is 5.11. The average molecular weight is 306 g/mol. The molecule has 0 radical (unpaired) electrons. The van der Waals surface area contributed by atoms with E-state index in [1.807, 2.05) is 37.4 Å². The van der Waals surface area contributed by atoms with Gasteiger partial charge in [-0.1, -0.05) is 30.3 Å². The van der Waals surface area contributed by atoms with Crippen molar-refractivity contribution in [2.75, 3.05) is 26.7 Å². The summed E-state index contributed by atoms with van der Waals surface area (Å²) in [6.07, 6.45) is 0.471. The van der Waals surface area contributed by atoms with E-state index in [1.165, 1.54) is 0 Å². The lowest BCUT2D eigenvalue weighted by Gasteiger charge is -2.37. The molecule has 0 spiro atoms. The number of hydrogen-bond acceptors (Lipinski definition) is 4. The van der Waals surface area contributed by atoms with E-state index in [4.69, 9.17) is 4.74 Å². The summed E-state index contributed by atoms with van der Waals surface area (Å²) in [5.74, 6) is -0.857. The number of carbonyl (C=O) groups is 2. The first kappa shape index (κ1) is 16.3. The number of piperidine rings is 1. The number of carboxylic acid groups (broad SMARTS) is 1. The molecule has 1 aliphatic rings. The van der Waals surface area contributed by atoms with Crippen molar-refractivity contribution in [3.63, 3.8) is 0 Å². The van der Waals surface area contributed by atoms with Crippen LogP contribution in [-0.2, 0) is 16.1 Å². The van der Waals surface area contributed by atoms with Gasteiger partial charge in [0.1, 0.15) is 6.61 Å². The number of rotatable bonds is 5. The summed E-state index contributed by atoms with van der Waals surface area (Å²) in [4.78, 5) is 25.4. The number of alkyl carbamates (subject to hydrolysis) is 1.